The van der Waals surface area contributed by atoms with Gasteiger partial charge in [-0.05, 0) is 48.4 Å². The number of ether oxygens (including phenoxy) is 3. The normalized spacial score (nSPS) is 10.6. The van der Waals surface area contributed by atoms with Gasteiger partial charge in [-0.1, -0.05) is 49.4 Å². The van der Waals surface area contributed by atoms with E-state index in [-0.39, 0.29) is 12.5 Å². The van der Waals surface area contributed by atoms with Crippen molar-refractivity contribution in [1.29, 1.82) is 0 Å². The van der Waals surface area contributed by atoms with Crippen LogP contribution in [0.25, 0.3) is 0 Å². The van der Waals surface area contributed by atoms with Crippen LogP contribution in [0.3, 0.4) is 0 Å². The van der Waals surface area contributed by atoms with Crippen molar-refractivity contribution >= 4 is 12.1 Å². The number of rotatable bonds is 11. The predicted octanol–water partition coefficient (Wildman–Crippen LogP) is 4.58. The van der Waals surface area contributed by atoms with Gasteiger partial charge < -0.3 is 14.2 Å². The van der Waals surface area contributed by atoms with Crippen molar-refractivity contribution < 1.29 is 19.0 Å². The number of para-hydroxylation sites is 1. The van der Waals surface area contributed by atoms with Crippen molar-refractivity contribution in [2.24, 2.45) is 5.10 Å². The summed E-state index contributed by atoms with van der Waals surface area (Å²) in [6, 6.07) is 24.6. The Bertz CT molecular complexity index is 972. The smallest absolute Gasteiger partial charge is 0.277 e. The number of nitrogens with one attached hydrogen (secondary N) is 1. The first-order chi connectivity index (χ1) is 15.2. The average molecular weight is 418 g/mol. The summed E-state index contributed by atoms with van der Waals surface area (Å²) in [4.78, 5) is 12.0. The van der Waals surface area contributed by atoms with Crippen LogP contribution < -0.4 is 19.6 Å². The number of benzene rings is 3. The molecule has 3 rings (SSSR count). The molecule has 0 spiro atoms. The first-order valence-electron chi connectivity index (χ1n) is 10.2. The van der Waals surface area contributed by atoms with E-state index in [4.69, 9.17) is 14.2 Å². The van der Waals surface area contributed by atoms with Gasteiger partial charge in [-0.25, -0.2) is 5.43 Å². The maximum absolute atomic E-state index is 12.0. The average Bonchev–Trinajstić information content (AvgIpc) is 2.82. The first kappa shape index (κ1) is 21.9. The van der Waals surface area contributed by atoms with Gasteiger partial charge in [0, 0.05) is 5.56 Å². The lowest BCUT2D eigenvalue weighted by atomic mass is 10.2. The molecule has 0 heterocycles. The van der Waals surface area contributed by atoms with E-state index in [2.05, 4.69) is 10.5 Å². The van der Waals surface area contributed by atoms with Crippen molar-refractivity contribution in [1.82, 2.24) is 5.43 Å². The standard InChI is InChI=1S/C25H26N2O4/c1-2-16-29-24-11-7-6-10-21(24)17-26-27-25(28)19-31-23-14-12-22(13-15-23)30-18-20-8-4-3-5-9-20/h3-15,17H,2,16,18-19H2,1H3,(H,27,28)/b26-17-. The molecular formula is C25H26N2O4. The predicted molar refractivity (Wildman–Crippen MR) is 121 cm³/mol. The third-order valence-electron chi connectivity index (χ3n) is 4.22. The van der Waals surface area contributed by atoms with E-state index in [1.807, 2.05) is 73.7 Å². The number of hydrogen-bond donors (Lipinski definition) is 1. The van der Waals surface area contributed by atoms with Crippen LogP contribution >= 0.6 is 0 Å². The van der Waals surface area contributed by atoms with E-state index < -0.39 is 0 Å². The van der Waals surface area contributed by atoms with Crippen LogP contribution in [0.15, 0.2) is 84.0 Å². The number of hydrogen-bond acceptors (Lipinski definition) is 5. The summed E-state index contributed by atoms with van der Waals surface area (Å²) in [6.45, 7) is 3.02. The summed E-state index contributed by atoms with van der Waals surface area (Å²) in [5, 5.41) is 3.99. The second kappa shape index (κ2) is 12.0. The summed E-state index contributed by atoms with van der Waals surface area (Å²) in [7, 11) is 0. The van der Waals surface area contributed by atoms with Crippen LogP contribution in [0.5, 0.6) is 17.2 Å². The van der Waals surface area contributed by atoms with E-state index in [9.17, 15) is 4.79 Å². The molecule has 0 unspecified atom stereocenters. The maximum Gasteiger partial charge on any atom is 0.277 e. The molecule has 3 aromatic carbocycles. The lowest BCUT2D eigenvalue weighted by Crippen LogP contribution is -2.24. The molecule has 1 amide bonds. The molecule has 0 radical (unpaired) electrons. The quantitative estimate of drug-likeness (QED) is 0.365. The molecule has 0 saturated carbocycles. The molecule has 6 heteroatoms. The zero-order valence-electron chi connectivity index (χ0n) is 17.5. The van der Waals surface area contributed by atoms with Crippen molar-refractivity contribution in [2.75, 3.05) is 13.2 Å². The fourth-order valence-corrected chi connectivity index (χ4v) is 2.66. The Morgan fingerprint density at radius 1 is 0.871 bits per heavy atom. The topological polar surface area (TPSA) is 69.2 Å². The van der Waals surface area contributed by atoms with Gasteiger partial charge in [-0.2, -0.15) is 5.10 Å². The fraction of sp³-hybridized carbons (Fsp3) is 0.200. The van der Waals surface area contributed by atoms with Gasteiger partial charge >= 0.3 is 0 Å². The molecule has 31 heavy (non-hydrogen) atoms. The highest BCUT2D eigenvalue weighted by molar-refractivity contribution is 5.85. The van der Waals surface area contributed by atoms with Crippen LogP contribution in [0, 0.1) is 0 Å². The lowest BCUT2D eigenvalue weighted by Gasteiger charge is -2.09. The van der Waals surface area contributed by atoms with E-state index >= 15 is 0 Å². The molecule has 3 aromatic rings. The van der Waals surface area contributed by atoms with Gasteiger partial charge in [0.1, 0.15) is 23.9 Å². The largest absolute Gasteiger partial charge is 0.493 e. The molecule has 160 valence electrons. The minimum Gasteiger partial charge on any atom is -0.493 e. The second-order valence-corrected chi connectivity index (χ2v) is 6.71. The Morgan fingerprint density at radius 2 is 1.55 bits per heavy atom. The highest BCUT2D eigenvalue weighted by Crippen LogP contribution is 2.19. The molecule has 0 saturated heterocycles. The number of hydrazone groups is 1. The van der Waals surface area contributed by atoms with Crippen LogP contribution in [0.2, 0.25) is 0 Å². The summed E-state index contributed by atoms with van der Waals surface area (Å²) < 4.78 is 16.9. The molecule has 0 fully saturated rings. The van der Waals surface area contributed by atoms with Crippen molar-refractivity contribution in [3.05, 3.63) is 90.0 Å². The maximum atomic E-state index is 12.0. The Labute approximate surface area is 182 Å². The summed E-state index contributed by atoms with van der Waals surface area (Å²) in [5.41, 5.74) is 4.35. The SMILES string of the molecule is CCCOc1ccccc1/C=N\NC(=O)COc1ccc(OCc2ccccc2)cc1. The second-order valence-electron chi connectivity index (χ2n) is 6.71. The van der Waals surface area contributed by atoms with Crippen LogP contribution in [0.1, 0.15) is 24.5 Å². The first-order valence-corrected chi connectivity index (χ1v) is 10.2. The third kappa shape index (κ3) is 7.51. The van der Waals surface area contributed by atoms with Gasteiger partial charge in [0.05, 0.1) is 12.8 Å². The van der Waals surface area contributed by atoms with Crippen molar-refractivity contribution in [3.8, 4) is 17.2 Å². The fourth-order valence-electron chi connectivity index (χ4n) is 2.66. The van der Waals surface area contributed by atoms with E-state index in [0.29, 0.717) is 19.0 Å². The minimum atomic E-state index is -0.354. The molecule has 0 aliphatic heterocycles. The Morgan fingerprint density at radius 3 is 2.29 bits per heavy atom. The molecule has 0 bridgehead atoms. The third-order valence-corrected chi connectivity index (χ3v) is 4.22. The summed E-state index contributed by atoms with van der Waals surface area (Å²) in [6.07, 6.45) is 2.47. The van der Waals surface area contributed by atoms with Gasteiger partial charge in [0.25, 0.3) is 5.91 Å². The molecule has 0 aromatic heterocycles. The number of nitrogens with zero attached hydrogens (tertiary/aromatic N) is 1. The minimum absolute atomic E-state index is 0.143. The zero-order valence-corrected chi connectivity index (χ0v) is 17.5. The molecule has 1 N–H and O–H groups in total. The Balaban J connectivity index is 1.42. The van der Waals surface area contributed by atoms with E-state index in [1.165, 1.54) is 0 Å². The van der Waals surface area contributed by atoms with Crippen molar-refractivity contribution in [3.63, 3.8) is 0 Å². The van der Waals surface area contributed by atoms with Crippen LogP contribution in [0.4, 0.5) is 0 Å². The summed E-state index contributed by atoms with van der Waals surface area (Å²) >= 11 is 0. The number of amides is 1. The van der Waals surface area contributed by atoms with Gasteiger partial charge in [-0.3, -0.25) is 4.79 Å². The Hall–Kier alpha value is -3.80. The molecule has 6 nitrogen and oxygen atoms in total. The van der Waals surface area contributed by atoms with Gasteiger partial charge in [0.2, 0.25) is 0 Å². The number of carbonyl (C=O) groups is 1. The summed E-state index contributed by atoms with van der Waals surface area (Å²) in [5.74, 6) is 1.68. The monoisotopic (exact) mass is 418 g/mol. The molecule has 0 atom stereocenters. The molecular weight excluding hydrogens is 392 g/mol. The van der Waals surface area contributed by atoms with Crippen LogP contribution in [-0.4, -0.2) is 25.3 Å². The zero-order chi connectivity index (χ0) is 21.7. The number of carbonyl (C=O) groups excluding carboxylic acids is 1. The van der Waals surface area contributed by atoms with Gasteiger partial charge in [0.15, 0.2) is 6.61 Å². The Kier molecular flexibility index (Phi) is 8.49. The van der Waals surface area contributed by atoms with Crippen LogP contribution in [-0.2, 0) is 11.4 Å². The van der Waals surface area contributed by atoms with Gasteiger partial charge in [-0.15, -0.1) is 0 Å². The molecule has 0 aliphatic rings. The van der Waals surface area contributed by atoms with E-state index in [0.717, 1.165) is 29.0 Å². The van der Waals surface area contributed by atoms with E-state index in [1.54, 1.807) is 18.3 Å². The molecule has 0 aliphatic carbocycles. The lowest BCUT2D eigenvalue weighted by molar-refractivity contribution is -0.123. The highest BCUT2D eigenvalue weighted by Gasteiger charge is 2.04. The van der Waals surface area contributed by atoms with Crippen molar-refractivity contribution in [2.45, 2.75) is 20.0 Å². The highest BCUT2D eigenvalue weighted by atomic mass is 16.5.